The Hall–Kier alpha value is -2.88. The number of nitrogens with zero attached hydrogens (tertiary/aromatic N) is 3. The zero-order valence-corrected chi connectivity index (χ0v) is 18.9. The Morgan fingerprint density at radius 3 is 2.19 bits per heavy atom. The molecule has 9 nitrogen and oxygen atoms in total. The molecule has 0 aliphatic carbocycles. The molecule has 168 valence electrons. The van der Waals surface area contributed by atoms with Crippen molar-refractivity contribution in [3.63, 3.8) is 0 Å². The van der Waals surface area contributed by atoms with Crippen LogP contribution in [0.15, 0.2) is 43.1 Å². The lowest BCUT2D eigenvalue weighted by Gasteiger charge is -2.21. The van der Waals surface area contributed by atoms with E-state index in [1.165, 1.54) is 6.07 Å². The molecular weight excluding hydrogens is 420 g/mol. The second kappa shape index (κ2) is 8.70. The monoisotopic (exact) mass is 448 g/mol. The molecule has 0 amide bonds. The first-order chi connectivity index (χ1) is 14.5. The summed E-state index contributed by atoms with van der Waals surface area (Å²) < 4.78 is 31.2. The minimum Gasteiger partial charge on any atom is -0.494 e. The first kappa shape index (κ1) is 22.8. The lowest BCUT2D eigenvalue weighted by Crippen LogP contribution is -2.44. The van der Waals surface area contributed by atoms with Gasteiger partial charge in [-0.2, -0.15) is 8.42 Å². The molecule has 2 heterocycles. The van der Waals surface area contributed by atoms with Crippen molar-refractivity contribution in [2.45, 2.75) is 58.5 Å². The van der Waals surface area contributed by atoms with Crippen LogP contribution in [0.4, 0.5) is 5.69 Å². The number of benzene rings is 1. The van der Waals surface area contributed by atoms with Crippen LogP contribution in [-0.4, -0.2) is 28.5 Å². The van der Waals surface area contributed by atoms with E-state index in [9.17, 15) is 23.1 Å². The highest BCUT2D eigenvalue weighted by atomic mass is 32.2. The Kier molecular flexibility index (Phi) is 6.40. The maximum atomic E-state index is 13.2. The SMILES string of the molecule is CC(C)CCn1c(O)c(C2=NS(=O)(=O)c3ccccc3N2)c(=O)n(CCC(C)C)c1=O. The average molecular weight is 449 g/mol. The van der Waals surface area contributed by atoms with Gasteiger partial charge < -0.3 is 10.4 Å². The predicted octanol–water partition coefficient (Wildman–Crippen LogP) is 2.37. The molecule has 0 spiro atoms. The Morgan fingerprint density at radius 1 is 1.00 bits per heavy atom. The minimum atomic E-state index is -4.08. The second-order valence-electron chi connectivity index (χ2n) is 8.49. The van der Waals surface area contributed by atoms with E-state index in [1.807, 2.05) is 27.7 Å². The minimum absolute atomic E-state index is 0.0218. The van der Waals surface area contributed by atoms with Crippen LogP contribution in [0, 0.1) is 11.8 Å². The molecule has 1 aromatic heterocycles. The summed E-state index contributed by atoms with van der Waals surface area (Å²) in [6, 6.07) is 6.17. The van der Waals surface area contributed by atoms with Crippen LogP contribution in [0.5, 0.6) is 5.88 Å². The summed E-state index contributed by atoms with van der Waals surface area (Å²) in [5.74, 6) is -0.386. The quantitative estimate of drug-likeness (QED) is 0.670. The van der Waals surface area contributed by atoms with Gasteiger partial charge in [0.2, 0.25) is 5.88 Å². The smallest absolute Gasteiger partial charge is 0.333 e. The van der Waals surface area contributed by atoms with Gasteiger partial charge in [-0.15, -0.1) is 4.40 Å². The second-order valence-corrected chi connectivity index (χ2v) is 10.1. The van der Waals surface area contributed by atoms with Gasteiger partial charge in [-0.1, -0.05) is 39.8 Å². The Bertz CT molecular complexity index is 1240. The van der Waals surface area contributed by atoms with Crippen molar-refractivity contribution in [3.8, 4) is 5.88 Å². The predicted molar refractivity (Wildman–Crippen MR) is 119 cm³/mol. The van der Waals surface area contributed by atoms with E-state index in [2.05, 4.69) is 9.71 Å². The number of fused-ring (bicyclic) bond motifs is 1. The van der Waals surface area contributed by atoms with Crippen LogP contribution < -0.4 is 16.6 Å². The topological polar surface area (TPSA) is 123 Å². The number of anilines is 1. The van der Waals surface area contributed by atoms with Crippen LogP contribution in [0.2, 0.25) is 0 Å². The molecule has 2 N–H and O–H groups in total. The van der Waals surface area contributed by atoms with Crippen molar-refractivity contribution in [1.82, 2.24) is 9.13 Å². The number of rotatable bonds is 7. The van der Waals surface area contributed by atoms with Crippen molar-refractivity contribution in [2.24, 2.45) is 16.2 Å². The molecule has 0 saturated carbocycles. The molecule has 1 aliphatic heterocycles. The third-order valence-electron chi connectivity index (χ3n) is 5.13. The first-order valence-corrected chi connectivity index (χ1v) is 11.7. The van der Waals surface area contributed by atoms with Gasteiger partial charge in [0.15, 0.2) is 5.84 Å². The number of para-hydroxylation sites is 1. The van der Waals surface area contributed by atoms with Gasteiger partial charge in [-0.05, 0) is 36.8 Å². The van der Waals surface area contributed by atoms with Gasteiger partial charge in [0.1, 0.15) is 10.5 Å². The summed E-state index contributed by atoms with van der Waals surface area (Å²) in [4.78, 5) is 26.2. The lowest BCUT2D eigenvalue weighted by atomic mass is 10.1. The maximum Gasteiger partial charge on any atom is 0.333 e. The molecule has 0 atom stereocenters. The number of aromatic nitrogens is 2. The summed E-state index contributed by atoms with van der Waals surface area (Å²) in [7, 11) is -4.08. The molecule has 2 aromatic rings. The summed E-state index contributed by atoms with van der Waals surface area (Å²) in [5, 5.41) is 13.7. The number of amidine groups is 1. The fraction of sp³-hybridized carbons (Fsp3) is 0.476. The molecule has 31 heavy (non-hydrogen) atoms. The van der Waals surface area contributed by atoms with Crippen molar-refractivity contribution in [1.29, 1.82) is 0 Å². The van der Waals surface area contributed by atoms with Crippen LogP contribution in [-0.2, 0) is 23.1 Å². The maximum absolute atomic E-state index is 13.2. The highest BCUT2D eigenvalue weighted by molar-refractivity contribution is 7.90. The van der Waals surface area contributed by atoms with E-state index in [4.69, 9.17) is 0 Å². The third kappa shape index (κ3) is 4.58. The van der Waals surface area contributed by atoms with Crippen molar-refractivity contribution in [3.05, 3.63) is 50.7 Å². The summed E-state index contributed by atoms with van der Waals surface area (Å²) in [6.45, 7) is 8.25. The molecule has 3 rings (SSSR count). The molecule has 0 saturated heterocycles. The van der Waals surface area contributed by atoms with Gasteiger partial charge in [0, 0.05) is 13.1 Å². The third-order valence-corrected chi connectivity index (χ3v) is 6.46. The van der Waals surface area contributed by atoms with E-state index in [0.29, 0.717) is 12.8 Å². The number of aromatic hydroxyl groups is 1. The van der Waals surface area contributed by atoms with Crippen LogP contribution in [0.3, 0.4) is 0 Å². The summed E-state index contributed by atoms with van der Waals surface area (Å²) in [5.41, 5.74) is -1.47. The molecule has 0 bridgehead atoms. The largest absolute Gasteiger partial charge is 0.494 e. The molecule has 0 radical (unpaired) electrons. The van der Waals surface area contributed by atoms with E-state index in [-0.39, 0.29) is 46.9 Å². The van der Waals surface area contributed by atoms with E-state index in [0.717, 1.165) is 9.13 Å². The number of hydrogen-bond acceptors (Lipinski definition) is 6. The van der Waals surface area contributed by atoms with Gasteiger partial charge in [-0.25, -0.2) is 4.79 Å². The highest BCUT2D eigenvalue weighted by Crippen LogP contribution is 2.29. The van der Waals surface area contributed by atoms with Crippen LogP contribution >= 0.6 is 0 Å². The van der Waals surface area contributed by atoms with Crippen molar-refractivity contribution >= 4 is 21.5 Å². The molecule has 0 fully saturated rings. The Morgan fingerprint density at radius 2 is 1.58 bits per heavy atom. The van der Waals surface area contributed by atoms with E-state index >= 15 is 0 Å². The number of hydrogen-bond donors (Lipinski definition) is 2. The van der Waals surface area contributed by atoms with Crippen molar-refractivity contribution < 1.29 is 13.5 Å². The molecule has 10 heteroatoms. The van der Waals surface area contributed by atoms with Crippen LogP contribution in [0.1, 0.15) is 46.1 Å². The van der Waals surface area contributed by atoms with Gasteiger partial charge in [0.25, 0.3) is 15.6 Å². The fourth-order valence-corrected chi connectivity index (χ4v) is 4.42. The number of nitrogens with one attached hydrogen (secondary N) is 1. The highest BCUT2D eigenvalue weighted by Gasteiger charge is 2.30. The summed E-state index contributed by atoms with van der Waals surface area (Å²) in [6.07, 6.45) is 1.17. The Balaban J connectivity index is 2.23. The lowest BCUT2D eigenvalue weighted by molar-refractivity contribution is 0.367. The normalized spacial score (nSPS) is 15.0. The van der Waals surface area contributed by atoms with Crippen molar-refractivity contribution in [2.75, 3.05) is 5.32 Å². The van der Waals surface area contributed by atoms with Gasteiger partial charge in [-0.3, -0.25) is 13.9 Å². The van der Waals surface area contributed by atoms with Gasteiger partial charge in [0.05, 0.1) is 5.69 Å². The standard InChI is InChI=1S/C21H28N4O5S/c1-13(2)9-11-24-19(26)17(20(27)25(21(24)28)12-10-14(3)4)18-22-15-7-5-6-8-16(15)31(29,30)23-18/h5-8,13-14,26H,9-12H2,1-4H3,(H,22,23). The van der Waals surface area contributed by atoms with E-state index < -0.39 is 27.2 Å². The molecule has 1 aliphatic rings. The van der Waals surface area contributed by atoms with E-state index in [1.54, 1.807) is 18.2 Å². The molecular formula is C21H28N4O5S. The zero-order chi connectivity index (χ0) is 22.9. The van der Waals surface area contributed by atoms with Crippen LogP contribution in [0.25, 0.3) is 0 Å². The summed E-state index contributed by atoms with van der Waals surface area (Å²) >= 11 is 0. The fourth-order valence-electron chi connectivity index (χ4n) is 3.29. The average Bonchev–Trinajstić information content (AvgIpc) is 2.67. The molecule has 0 unspecified atom stereocenters. The molecule has 1 aromatic carbocycles. The first-order valence-electron chi connectivity index (χ1n) is 10.3. The zero-order valence-electron chi connectivity index (χ0n) is 18.1. The van der Waals surface area contributed by atoms with Gasteiger partial charge >= 0.3 is 5.69 Å². The Labute approximate surface area is 181 Å². The number of sulfonamides is 1.